The zero-order valence-electron chi connectivity index (χ0n) is 17.7. The number of nitrogens with zero attached hydrogens (tertiary/aromatic N) is 1. The number of rotatable bonds is 9. The maximum atomic E-state index is 13.3. The first-order chi connectivity index (χ1) is 13.8. The van der Waals surface area contributed by atoms with Gasteiger partial charge < -0.3 is 10.2 Å². The predicted molar refractivity (Wildman–Crippen MR) is 119 cm³/mol. The molecule has 0 aliphatic carbocycles. The van der Waals surface area contributed by atoms with Crippen LogP contribution < -0.4 is 5.32 Å². The fourth-order valence-electron chi connectivity index (χ4n) is 3.16. The summed E-state index contributed by atoms with van der Waals surface area (Å²) in [6, 6.07) is 14.9. The molecule has 29 heavy (non-hydrogen) atoms. The van der Waals surface area contributed by atoms with Crippen LogP contribution in [0.3, 0.4) is 0 Å². The van der Waals surface area contributed by atoms with Crippen LogP contribution >= 0.6 is 11.6 Å². The van der Waals surface area contributed by atoms with Crippen LogP contribution in [-0.2, 0) is 22.6 Å². The molecule has 0 bridgehead atoms. The van der Waals surface area contributed by atoms with Gasteiger partial charge in [-0.05, 0) is 43.9 Å². The molecule has 2 atom stereocenters. The largest absolute Gasteiger partial charge is 0.352 e. The van der Waals surface area contributed by atoms with E-state index in [-0.39, 0.29) is 24.3 Å². The van der Waals surface area contributed by atoms with Crippen LogP contribution in [0.1, 0.15) is 50.3 Å². The van der Waals surface area contributed by atoms with Gasteiger partial charge in [0, 0.05) is 17.6 Å². The monoisotopic (exact) mass is 414 g/mol. The molecule has 0 spiro atoms. The summed E-state index contributed by atoms with van der Waals surface area (Å²) in [5, 5.41) is 3.59. The lowest BCUT2D eigenvalue weighted by Crippen LogP contribution is -2.51. The van der Waals surface area contributed by atoms with E-state index in [9.17, 15) is 9.59 Å². The minimum Gasteiger partial charge on any atom is -0.352 e. The number of carbonyl (C=O) groups is 2. The van der Waals surface area contributed by atoms with E-state index >= 15 is 0 Å². The number of amides is 2. The Labute approximate surface area is 179 Å². The Balaban J connectivity index is 2.29. The van der Waals surface area contributed by atoms with Gasteiger partial charge in [-0.2, -0.15) is 0 Å². The summed E-state index contributed by atoms with van der Waals surface area (Å²) < 4.78 is 0. The molecule has 4 nitrogen and oxygen atoms in total. The number of benzene rings is 2. The van der Waals surface area contributed by atoms with Crippen molar-refractivity contribution >= 4 is 23.4 Å². The zero-order chi connectivity index (χ0) is 21.4. The van der Waals surface area contributed by atoms with Gasteiger partial charge >= 0.3 is 0 Å². The molecular weight excluding hydrogens is 384 g/mol. The topological polar surface area (TPSA) is 49.4 Å². The molecule has 2 aromatic rings. The van der Waals surface area contributed by atoms with Crippen molar-refractivity contribution in [3.05, 3.63) is 70.2 Å². The summed E-state index contributed by atoms with van der Waals surface area (Å²) in [4.78, 5) is 27.9. The molecule has 0 unspecified atom stereocenters. The maximum absolute atomic E-state index is 13.3. The minimum absolute atomic E-state index is 0.0662. The van der Waals surface area contributed by atoms with E-state index in [1.54, 1.807) is 11.0 Å². The van der Waals surface area contributed by atoms with Crippen molar-refractivity contribution in [3.63, 3.8) is 0 Å². The molecule has 2 amide bonds. The van der Waals surface area contributed by atoms with E-state index in [1.807, 2.05) is 70.2 Å². The Kier molecular flexibility index (Phi) is 8.71. The van der Waals surface area contributed by atoms with E-state index in [4.69, 9.17) is 11.6 Å². The Morgan fingerprint density at radius 2 is 1.69 bits per heavy atom. The van der Waals surface area contributed by atoms with Crippen LogP contribution in [0.2, 0.25) is 5.02 Å². The molecule has 156 valence electrons. The summed E-state index contributed by atoms with van der Waals surface area (Å²) in [7, 11) is 0. The molecular formula is C24H31ClN2O2. The summed E-state index contributed by atoms with van der Waals surface area (Å²) in [6.45, 7) is 8.35. The Hall–Kier alpha value is -2.33. The van der Waals surface area contributed by atoms with Gasteiger partial charge in [0.25, 0.3) is 0 Å². The highest BCUT2D eigenvalue weighted by Gasteiger charge is 2.29. The highest BCUT2D eigenvalue weighted by Crippen LogP contribution is 2.19. The smallest absolute Gasteiger partial charge is 0.243 e. The molecule has 0 fully saturated rings. The number of aryl methyl sites for hydroxylation is 1. The highest BCUT2D eigenvalue weighted by atomic mass is 35.5. The van der Waals surface area contributed by atoms with Gasteiger partial charge in [-0.1, -0.05) is 73.5 Å². The second kappa shape index (κ2) is 11.0. The van der Waals surface area contributed by atoms with Gasteiger partial charge in [-0.15, -0.1) is 0 Å². The molecule has 1 N–H and O–H groups in total. The number of nitrogens with one attached hydrogen (secondary N) is 1. The van der Waals surface area contributed by atoms with Crippen molar-refractivity contribution in [1.29, 1.82) is 0 Å². The van der Waals surface area contributed by atoms with Crippen molar-refractivity contribution in [2.75, 3.05) is 0 Å². The second-order valence-corrected chi connectivity index (χ2v) is 7.92. The van der Waals surface area contributed by atoms with Gasteiger partial charge in [0.2, 0.25) is 11.8 Å². The van der Waals surface area contributed by atoms with Crippen LogP contribution in [-0.4, -0.2) is 28.8 Å². The van der Waals surface area contributed by atoms with Gasteiger partial charge in [-0.3, -0.25) is 9.59 Å². The molecule has 0 aliphatic rings. The second-order valence-electron chi connectivity index (χ2n) is 7.52. The quantitative estimate of drug-likeness (QED) is 0.633. The molecule has 0 heterocycles. The first-order valence-corrected chi connectivity index (χ1v) is 10.6. The lowest BCUT2D eigenvalue weighted by molar-refractivity contribution is -0.141. The average Bonchev–Trinajstić information content (AvgIpc) is 2.70. The van der Waals surface area contributed by atoms with E-state index in [0.29, 0.717) is 18.0 Å². The van der Waals surface area contributed by atoms with Gasteiger partial charge in [0.15, 0.2) is 0 Å². The van der Waals surface area contributed by atoms with Crippen LogP contribution in [0.4, 0.5) is 0 Å². The van der Waals surface area contributed by atoms with Crippen molar-refractivity contribution < 1.29 is 9.59 Å². The van der Waals surface area contributed by atoms with E-state index in [1.165, 1.54) is 0 Å². The van der Waals surface area contributed by atoms with Gasteiger partial charge in [0.05, 0.1) is 6.42 Å². The molecule has 2 aromatic carbocycles. The maximum Gasteiger partial charge on any atom is 0.243 e. The fraction of sp³-hybridized carbons (Fsp3) is 0.417. The zero-order valence-corrected chi connectivity index (χ0v) is 18.5. The number of hydrogen-bond acceptors (Lipinski definition) is 2. The molecule has 0 saturated heterocycles. The van der Waals surface area contributed by atoms with Crippen LogP contribution in [0.25, 0.3) is 0 Å². The van der Waals surface area contributed by atoms with Crippen LogP contribution in [0.5, 0.6) is 0 Å². The highest BCUT2D eigenvalue weighted by molar-refractivity contribution is 6.31. The number of hydrogen-bond donors (Lipinski definition) is 1. The summed E-state index contributed by atoms with van der Waals surface area (Å²) in [5.74, 6) is -0.216. The Morgan fingerprint density at radius 1 is 1.03 bits per heavy atom. The predicted octanol–water partition coefficient (Wildman–Crippen LogP) is 4.91. The van der Waals surface area contributed by atoms with Gasteiger partial charge in [-0.25, -0.2) is 0 Å². The SMILES string of the molecule is CC[C@H](C(=O)N[C@@H](C)CC)N(Cc1ccc(C)cc1)C(=O)Cc1ccccc1Cl. The van der Waals surface area contributed by atoms with E-state index in [2.05, 4.69) is 5.32 Å². The third-order valence-electron chi connectivity index (χ3n) is 5.16. The normalized spacial score (nSPS) is 12.9. The fourth-order valence-corrected chi connectivity index (χ4v) is 3.36. The lowest BCUT2D eigenvalue weighted by Gasteiger charge is -2.31. The van der Waals surface area contributed by atoms with E-state index in [0.717, 1.165) is 23.1 Å². The standard InChI is InChI=1S/C24H31ClN2O2/c1-5-18(4)26-24(29)22(6-2)27(16-19-13-11-17(3)12-14-19)23(28)15-20-9-7-8-10-21(20)25/h7-14,18,22H,5-6,15-16H2,1-4H3,(H,26,29)/t18-,22+/m0/s1. The third kappa shape index (κ3) is 6.60. The number of carbonyl (C=O) groups excluding carboxylic acids is 2. The molecule has 0 radical (unpaired) electrons. The average molecular weight is 415 g/mol. The summed E-state index contributed by atoms with van der Waals surface area (Å²) >= 11 is 6.26. The summed E-state index contributed by atoms with van der Waals surface area (Å²) in [6.07, 6.45) is 1.55. The summed E-state index contributed by atoms with van der Waals surface area (Å²) in [5.41, 5.74) is 2.92. The van der Waals surface area contributed by atoms with Crippen molar-refractivity contribution in [1.82, 2.24) is 10.2 Å². The van der Waals surface area contributed by atoms with Crippen molar-refractivity contribution in [3.8, 4) is 0 Å². The molecule has 5 heteroatoms. The van der Waals surface area contributed by atoms with Gasteiger partial charge in [0.1, 0.15) is 6.04 Å². The molecule has 0 saturated carbocycles. The molecule has 0 aromatic heterocycles. The van der Waals surface area contributed by atoms with E-state index < -0.39 is 6.04 Å². The molecule has 2 rings (SSSR count). The first kappa shape index (κ1) is 23.0. The Bertz CT molecular complexity index is 820. The van der Waals surface area contributed by atoms with Crippen molar-refractivity contribution in [2.45, 2.75) is 65.6 Å². The minimum atomic E-state index is -0.528. The third-order valence-corrected chi connectivity index (χ3v) is 5.53. The van der Waals surface area contributed by atoms with Crippen LogP contribution in [0, 0.1) is 6.92 Å². The Morgan fingerprint density at radius 3 is 2.28 bits per heavy atom. The number of halogens is 1. The van der Waals surface area contributed by atoms with Crippen LogP contribution in [0.15, 0.2) is 48.5 Å². The first-order valence-electron chi connectivity index (χ1n) is 10.2. The molecule has 0 aliphatic heterocycles. The van der Waals surface area contributed by atoms with Crippen molar-refractivity contribution in [2.24, 2.45) is 0 Å². The lowest BCUT2D eigenvalue weighted by atomic mass is 10.1.